The molecule has 2 saturated heterocycles. The van der Waals surface area contributed by atoms with Crippen LogP contribution in [-0.2, 0) is 9.47 Å². The predicted molar refractivity (Wildman–Crippen MR) is 63.7 cm³/mol. The molecule has 2 rings (SSSR count). The van der Waals surface area contributed by atoms with Crippen LogP contribution in [0.15, 0.2) is 0 Å². The summed E-state index contributed by atoms with van der Waals surface area (Å²) in [7, 11) is 0. The number of hydrogen-bond acceptors (Lipinski definition) is 4. The van der Waals surface area contributed by atoms with E-state index in [4.69, 9.17) is 9.47 Å². The monoisotopic (exact) mass is 228 g/mol. The van der Waals surface area contributed by atoms with Crippen molar-refractivity contribution < 1.29 is 9.47 Å². The molecule has 4 nitrogen and oxygen atoms in total. The van der Waals surface area contributed by atoms with E-state index in [0.29, 0.717) is 12.1 Å². The Morgan fingerprint density at radius 2 is 1.00 bits per heavy atom. The van der Waals surface area contributed by atoms with Gasteiger partial charge in [-0.25, -0.2) is 0 Å². The molecule has 2 aliphatic rings. The summed E-state index contributed by atoms with van der Waals surface area (Å²) >= 11 is 0. The van der Waals surface area contributed by atoms with Gasteiger partial charge in [0.1, 0.15) is 0 Å². The summed E-state index contributed by atoms with van der Waals surface area (Å²) in [5.41, 5.74) is 0. The molecule has 0 radical (unpaired) electrons. The number of nitrogens with zero attached hydrogens (tertiary/aromatic N) is 2. The van der Waals surface area contributed by atoms with Crippen LogP contribution in [0.25, 0.3) is 0 Å². The quantitative estimate of drug-likeness (QED) is 0.699. The van der Waals surface area contributed by atoms with Crippen molar-refractivity contribution in [1.82, 2.24) is 9.80 Å². The minimum absolute atomic E-state index is 0.613. The van der Waals surface area contributed by atoms with Crippen LogP contribution < -0.4 is 0 Å². The summed E-state index contributed by atoms with van der Waals surface area (Å²) in [6, 6.07) is 1.23. The summed E-state index contributed by atoms with van der Waals surface area (Å²) in [5.74, 6) is 0. The lowest BCUT2D eigenvalue weighted by Crippen LogP contribution is -2.54. The van der Waals surface area contributed by atoms with E-state index in [9.17, 15) is 0 Å². The molecular weight excluding hydrogens is 204 g/mol. The van der Waals surface area contributed by atoms with Crippen molar-refractivity contribution in [3.05, 3.63) is 0 Å². The summed E-state index contributed by atoms with van der Waals surface area (Å²) in [6.07, 6.45) is 0. The van der Waals surface area contributed by atoms with E-state index >= 15 is 0 Å². The summed E-state index contributed by atoms with van der Waals surface area (Å²) < 4.78 is 10.8. The van der Waals surface area contributed by atoms with Gasteiger partial charge in [0.15, 0.2) is 0 Å². The Labute approximate surface area is 98.5 Å². The van der Waals surface area contributed by atoms with Gasteiger partial charge < -0.3 is 9.47 Å². The molecule has 0 aromatic carbocycles. The van der Waals surface area contributed by atoms with Gasteiger partial charge in [-0.2, -0.15) is 0 Å². The average molecular weight is 228 g/mol. The average Bonchev–Trinajstić information content (AvgIpc) is 2.39. The number of hydrogen-bond donors (Lipinski definition) is 0. The molecule has 0 bridgehead atoms. The largest absolute Gasteiger partial charge is 0.379 e. The molecule has 0 amide bonds. The lowest BCUT2D eigenvalue weighted by molar-refractivity contribution is -0.0268. The SMILES string of the molecule is C[C@H]([C@@H](C)N1CCOCC1)N1CCOCC1. The highest BCUT2D eigenvalue weighted by Gasteiger charge is 2.27. The molecule has 2 aliphatic heterocycles. The normalized spacial score (nSPS) is 28.9. The molecule has 16 heavy (non-hydrogen) atoms. The zero-order chi connectivity index (χ0) is 11.4. The van der Waals surface area contributed by atoms with Gasteiger partial charge in [-0.05, 0) is 13.8 Å². The molecule has 0 N–H and O–H groups in total. The van der Waals surface area contributed by atoms with Crippen LogP contribution in [0.3, 0.4) is 0 Å². The molecule has 94 valence electrons. The van der Waals surface area contributed by atoms with Crippen LogP contribution in [0.5, 0.6) is 0 Å². The van der Waals surface area contributed by atoms with E-state index < -0.39 is 0 Å². The van der Waals surface area contributed by atoms with Gasteiger partial charge in [0.2, 0.25) is 0 Å². The third-order valence-electron chi connectivity index (χ3n) is 3.94. The Morgan fingerprint density at radius 1 is 0.688 bits per heavy atom. The lowest BCUT2D eigenvalue weighted by Gasteiger charge is -2.41. The van der Waals surface area contributed by atoms with Crippen LogP contribution in [0, 0.1) is 0 Å². The lowest BCUT2D eigenvalue weighted by atomic mass is 10.1. The molecule has 2 fully saturated rings. The first-order valence-electron chi connectivity index (χ1n) is 6.42. The van der Waals surface area contributed by atoms with Gasteiger partial charge in [0.05, 0.1) is 26.4 Å². The first kappa shape index (κ1) is 12.3. The van der Waals surface area contributed by atoms with Crippen molar-refractivity contribution in [3.63, 3.8) is 0 Å². The Bertz CT molecular complexity index is 179. The second-order valence-corrected chi connectivity index (χ2v) is 4.78. The zero-order valence-electron chi connectivity index (χ0n) is 10.5. The fourth-order valence-corrected chi connectivity index (χ4v) is 2.58. The molecule has 4 heteroatoms. The maximum Gasteiger partial charge on any atom is 0.0594 e. The molecule has 0 saturated carbocycles. The molecular formula is C12H24N2O2. The number of ether oxygens (including phenoxy) is 2. The van der Waals surface area contributed by atoms with Crippen LogP contribution in [0.1, 0.15) is 13.8 Å². The van der Waals surface area contributed by atoms with E-state index in [1.165, 1.54) is 0 Å². The van der Waals surface area contributed by atoms with Crippen molar-refractivity contribution in [1.29, 1.82) is 0 Å². The fourth-order valence-electron chi connectivity index (χ4n) is 2.58. The van der Waals surface area contributed by atoms with Crippen molar-refractivity contribution in [2.24, 2.45) is 0 Å². The van der Waals surface area contributed by atoms with E-state index in [1.807, 2.05) is 0 Å². The molecule has 0 aromatic rings. The van der Waals surface area contributed by atoms with Crippen LogP contribution in [0.4, 0.5) is 0 Å². The number of rotatable bonds is 3. The second-order valence-electron chi connectivity index (χ2n) is 4.78. The van der Waals surface area contributed by atoms with E-state index in [-0.39, 0.29) is 0 Å². The Balaban J connectivity index is 1.84. The molecule has 0 unspecified atom stereocenters. The highest BCUT2D eigenvalue weighted by Crippen LogP contribution is 2.14. The topological polar surface area (TPSA) is 24.9 Å². The zero-order valence-corrected chi connectivity index (χ0v) is 10.5. The van der Waals surface area contributed by atoms with Gasteiger partial charge in [0, 0.05) is 38.3 Å². The molecule has 2 atom stereocenters. The van der Waals surface area contributed by atoms with Gasteiger partial charge in [0.25, 0.3) is 0 Å². The summed E-state index contributed by atoms with van der Waals surface area (Å²) in [6.45, 7) is 12.6. The van der Waals surface area contributed by atoms with Gasteiger partial charge in [-0.3, -0.25) is 9.80 Å². The fraction of sp³-hybridized carbons (Fsp3) is 1.00. The summed E-state index contributed by atoms with van der Waals surface area (Å²) in [5, 5.41) is 0. The second kappa shape index (κ2) is 5.96. The van der Waals surface area contributed by atoms with Crippen molar-refractivity contribution in [2.75, 3.05) is 52.6 Å². The van der Waals surface area contributed by atoms with E-state index in [2.05, 4.69) is 23.6 Å². The van der Waals surface area contributed by atoms with Crippen LogP contribution in [-0.4, -0.2) is 74.5 Å². The standard InChI is InChI=1S/C12H24N2O2/c1-11(13-3-7-15-8-4-13)12(2)14-5-9-16-10-6-14/h11-12H,3-10H2,1-2H3/t11-,12-/m1/s1. The summed E-state index contributed by atoms with van der Waals surface area (Å²) in [4.78, 5) is 5.09. The third kappa shape index (κ3) is 2.94. The van der Waals surface area contributed by atoms with E-state index in [0.717, 1.165) is 52.6 Å². The Morgan fingerprint density at radius 3 is 1.31 bits per heavy atom. The first-order valence-corrected chi connectivity index (χ1v) is 6.42. The van der Waals surface area contributed by atoms with Gasteiger partial charge in [-0.15, -0.1) is 0 Å². The van der Waals surface area contributed by atoms with Gasteiger partial charge in [-0.1, -0.05) is 0 Å². The van der Waals surface area contributed by atoms with Crippen LogP contribution in [0.2, 0.25) is 0 Å². The number of morpholine rings is 2. The van der Waals surface area contributed by atoms with E-state index in [1.54, 1.807) is 0 Å². The van der Waals surface area contributed by atoms with Crippen molar-refractivity contribution >= 4 is 0 Å². The molecule has 0 aliphatic carbocycles. The van der Waals surface area contributed by atoms with Crippen molar-refractivity contribution in [3.8, 4) is 0 Å². The smallest absolute Gasteiger partial charge is 0.0594 e. The minimum atomic E-state index is 0.613. The third-order valence-corrected chi connectivity index (χ3v) is 3.94. The maximum absolute atomic E-state index is 5.40. The molecule has 0 aromatic heterocycles. The van der Waals surface area contributed by atoms with Crippen molar-refractivity contribution in [2.45, 2.75) is 25.9 Å². The molecule has 2 heterocycles. The first-order chi connectivity index (χ1) is 7.79. The Kier molecular flexibility index (Phi) is 4.58. The highest BCUT2D eigenvalue weighted by atomic mass is 16.5. The Hall–Kier alpha value is -0.160. The molecule has 0 spiro atoms. The van der Waals surface area contributed by atoms with Crippen LogP contribution >= 0.6 is 0 Å². The van der Waals surface area contributed by atoms with Gasteiger partial charge >= 0.3 is 0 Å². The minimum Gasteiger partial charge on any atom is -0.379 e. The predicted octanol–water partition coefficient (Wildman–Crippen LogP) is 0.428. The maximum atomic E-state index is 5.40. The highest BCUT2D eigenvalue weighted by molar-refractivity contribution is 4.82.